The van der Waals surface area contributed by atoms with Crippen LogP contribution in [-0.2, 0) is 0 Å². The maximum absolute atomic E-state index is 11.9. The number of hydrogen-bond donors (Lipinski definition) is 2. The summed E-state index contributed by atoms with van der Waals surface area (Å²) >= 11 is 0. The van der Waals surface area contributed by atoms with Crippen molar-refractivity contribution in [2.24, 2.45) is 5.10 Å². The number of carbonyl (C=O) groups is 1. The molecule has 0 spiro atoms. The lowest BCUT2D eigenvalue weighted by Gasteiger charge is -2.01. The first-order chi connectivity index (χ1) is 13.0. The van der Waals surface area contributed by atoms with Gasteiger partial charge in [0.05, 0.1) is 16.7 Å². The Morgan fingerprint density at radius 3 is 2.74 bits per heavy atom. The molecule has 0 unspecified atom stereocenters. The van der Waals surface area contributed by atoms with Crippen molar-refractivity contribution in [3.63, 3.8) is 0 Å². The number of phenolic OH excluding ortho intramolecular Hbond substituents is 1. The summed E-state index contributed by atoms with van der Waals surface area (Å²) in [7, 11) is 0. The first-order valence-electron chi connectivity index (χ1n) is 7.92. The number of benzene rings is 2. The second-order valence-electron chi connectivity index (χ2n) is 5.68. The number of aryl methyl sites for hydroxylation is 1. The zero-order chi connectivity index (χ0) is 19.4. The highest BCUT2D eigenvalue weighted by atomic mass is 16.6. The Bertz CT molecular complexity index is 1040. The number of nitrogens with zero attached hydrogens (tertiary/aromatic N) is 2. The highest BCUT2D eigenvalue weighted by Gasteiger charge is 2.14. The molecule has 3 aromatic rings. The van der Waals surface area contributed by atoms with Crippen LogP contribution in [0.15, 0.2) is 64.1 Å². The summed E-state index contributed by atoms with van der Waals surface area (Å²) in [5, 5.41) is 24.5. The van der Waals surface area contributed by atoms with Crippen molar-refractivity contribution in [2.75, 3.05) is 0 Å². The summed E-state index contributed by atoms with van der Waals surface area (Å²) < 4.78 is 5.58. The molecule has 0 fully saturated rings. The molecule has 1 amide bonds. The lowest BCUT2D eigenvalue weighted by molar-refractivity contribution is -0.385. The molecular formula is C19H15N3O5. The molecule has 0 aliphatic heterocycles. The van der Waals surface area contributed by atoms with E-state index >= 15 is 0 Å². The van der Waals surface area contributed by atoms with E-state index in [-0.39, 0.29) is 17.0 Å². The first kappa shape index (κ1) is 17.9. The fraction of sp³-hybridized carbons (Fsp3) is 0.0526. The number of nitrogens with one attached hydrogen (secondary N) is 1. The minimum atomic E-state index is -0.565. The van der Waals surface area contributed by atoms with Gasteiger partial charge in [0.2, 0.25) is 0 Å². The van der Waals surface area contributed by atoms with Crippen molar-refractivity contribution in [2.45, 2.75) is 6.92 Å². The average molecular weight is 365 g/mol. The predicted molar refractivity (Wildman–Crippen MR) is 98.7 cm³/mol. The van der Waals surface area contributed by atoms with Gasteiger partial charge in [0.1, 0.15) is 17.3 Å². The molecule has 8 heteroatoms. The van der Waals surface area contributed by atoms with Gasteiger partial charge in [-0.05, 0) is 31.2 Å². The van der Waals surface area contributed by atoms with Crippen LogP contribution in [0.1, 0.15) is 21.7 Å². The minimum absolute atomic E-state index is 0.00838. The van der Waals surface area contributed by atoms with Crippen LogP contribution in [0.4, 0.5) is 5.69 Å². The van der Waals surface area contributed by atoms with Gasteiger partial charge in [-0.3, -0.25) is 14.9 Å². The van der Waals surface area contributed by atoms with Gasteiger partial charge < -0.3 is 9.52 Å². The number of nitro benzene ring substituents is 1. The van der Waals surface area contributed by atoms with Gasteiger partial charge in [-0.15, -0.1) is 0 Å². The molecule has 2 N–H and O–H groups in total. The number of nitro groups is 1. The van der Waals surface area contributed by atoms with Gasteiger partial charge >= 0.3 is 0 Å². The van der Waals surface area contributed by atoms with Crippen LogP contribution in [0.3, 0.4) is 0 Å². The molecule has 0 saturated carbocycles. The summed E-state index contributed by atoms with van der Waals surface area (Å²) in [5.74, 6) is 0.0779. The molecule has 1 heterocycles. The van der Waals surface area contributed by atoms with E-state index in [1.165, 1.54) is 24.4 Å². The second-order valence-corrected chi connectivity index (χ2v) is 5.68. The molecular weight excluding hydrogens is 350 g/mol. The predicted octanol–water partition coefficient (Wildman–Crippen LogP) is 3.63. The third-order valence-corrected chi connectivity index (χ3v) is 3.82. The molecule has 0 bridgehead atoms. The lowest BCUT2D eigenvalue weighted by Crippen LogP contribution is -2.17. The SMILES string of the molecule is Cc1ccc(-c2ccc(/C=N/NC(=O)c3ccccc3O)o2)cc1[N+](=O)[O-]. The van der Waals surface area contributed by atoms with Gasteiger partial charge in [-0.2, -0.15) is 5.10 Å². The number of amides is 1. The summed E-state index contributed by atoms with van der Waals surface area (Å²) in [6.45, 7) is 1.66. The van der Waals surface area contributed by atoms with Crippen LogP contribution in [-0.4, -0.2) is 22.2 Å². The largest absolute Gasteiger partial charge is 0.507 e. The molecule has 0 aliphatic carbocycles. The number of carbonyl (C=O) groups excluding carboxylic acids is 1. The first-order valence-corrected chi connectivity index (χ1v) is 7.92. The molecule has 0 aliphatic rings. The number of rotatable bonds is 5. The van der Waals surface area contributed by atoms with Crippen molar-refractivity contribution in [1.29, 1.82) is 0 Å². The highest BCUT2D eigenvalue weighted by molar-refractivity contribution is 5.97. The average Bonchev–Trinajstić information content (AvgIpc) is 3.11. The van der Waals surface area contributed by atoms with Crippen molar-refractivity contribution in [3.8, 4) is 17.1 Å². The fourth-order valence-corrected chi connectivity index (χ4v) is 2.42. The monoisotopic (exact) mass is 365 g/mol. The van der Waals surface area contributed by atoms with Crippen molar-refractivity contribution >= 4 is 17.8 Å². The second kappa shape index (κ2) is 7.52. The van der Waals surface area contributed by atoms with Crippen LogP contribution in [0.2, 0.25) is 0 Å². The normalized spacial score (nSPS) is 10.9. The Kier molecular flexibility index (Phi) is 4.98. The molecule has 0 radical (unpaired) electrons. The molecule has 2 aromatic carbocycles. The minimum Gasteiger partial charge on any atom is -0.507 e. The van der Waals surface area contributed by atoms with Crippen LogP contribution >= 0.6 is 0 Å². The zero-order valence-corrected chi connectivity index (χ0v) is 14.2. The highest BCUT2D eigenvalue weighted by Crippen LogP contribution is 2.27. The summed E-state index contributed by atoms with van der Waals surface area (Å²) in [6.07, 6.45) is 1.30. The molecule has 8 nitrogen and oxygen atoms in total. The van der Waals surface area contributed by atoms with Gasteiger partial charge in [0.15, 0.2) is 0 Å². The molecule has 1 aromatic heterocycles. The quantitative estimate of drug-likeness (QED) is 0.407. The van der Waals surface area contributed by atoms with E-state index in [4.69, 9.17) is 4.42 Å². The summed E-state index contributed by atoms with van der Waals surface area (Å²) in [4.78, 5) is 22.5. The molecule has 0 atom stereocenters. The van der Waals surface area contributed by atoms with Crippen LogP contribution < -0.4 is 5.43 Å². The van der Waals surface area contributed by atoms with E-state index in [1.54, 1.807) is 43.3 Å². The number of hydrazone groups is 1. The van der Waals surface area contributed by atoms with E-state index in [9.17, 15) is 20.0 Å². The van der Waals surface area contributed by atoms with E-state index in [1.807, 2.05) is 0 Å². The van der Waals surface area contributed by atoms with Crippen LogP contribution in [0.5, 0.6) is 5.75 Å². The fourth-order valence-electron chi connectivity index (χ4n) is 2.42. The van der Waals surface area contributed by atoms with Crippen molar-refractivity contribution < 1.29 is 19.2 Å². The van der Waals surface area contributed by atoms with Crippen LogP contribution in [0.25, 0.3) is 11.3 Å². The molecule has 136 valence electrons. The third kappa shape index (κ3) is 4.01. The summed E-state index contributed by atoms with van der Waals surface area (Å²) in [6, 6.07) is 14.2. The maximum atomic E-state index is 11.9. The topological polar surface area (TPSA) is 118 Å². The zero-order valence-electron chi connectivity index (χ0n) is 14.2. The summed E-state index contributed by atoms with van der Waals surface area (Å²) in [5.41, 5.74) is 3.52. The van der Waals surface area contributed by atoms with Crippen molar-refractivity contribution in [1.82, 2.24) is 5.43 Å². The van der Waals surface area contributed by atoms with Gasteiger partial charge in [0.25, 0.3) is 11.6 Å². The Hall–Kier alpha value is -3.94. The Labute approximate surface area is 153 Å². The lowest BCUT2D eigenvalue weighted by atomic mass is 10.1. The van der Waals surface area contributed by atoms with Crippen molar-refractivity contribution in [3.05, 3.63) is 81.6 Å². The van der Waals surface area contributed by atoms with E-state index < -0.39 is 10.8 Å². The number of hydrogen-bond acceptors (Lipinski definition) is 6. The van der Waals surface area contributed by atoms with E-state index in [0.717, 1.165) is 0 Å². The standard InChI is InChI=1S/C19H15N3O5/c1-12-6-7-13(10-16(12)22(25)26)18-9-8-14(27-18)11-20-21-19(24)15-4-2-3-5-17(15)23/h2-11,23H,1H3,(H,21,24)/b20-11+. The molecule has 27 heavy (non-hydrogen) atoms. The number of furan rings is 1. The number of phenols is 1. The molecule has 3 rings (SSSR count). The Morgan fingerprint density at radius 2 is 2.00 bits per heavy atom. The molecule has 0 saturated heterocycles. The van der Waals surface area contributed by atoms with Gasteiger partial charge in [0, 0.05) is 17.2 Å². The smallest absolute Gasteiger partial charge is 0.275 e. The number of aromatic hydroxyl groups is 1. The van der Waals surface area contributed by atoms with Crippen LogP contribution in [0, 0.1) is 17.0 Å². The van der Waals surface area contributed by atoms with E-state index in [0.29, 0.717) is 22.6 Å². The van der Waals surface area contributed by atoms with E-state index in [2.05, 4.69) is 10.5 Å². The number of para-hydroxylation sites is 1. The van der Waals surface area contributed by atoms with Gasteiger partial charge in [-0.1, -0.05) is 24.3 Å². The van der Waals surface area contributed by atoms with Gasteiger partial charge in [-0.25, -0.2) is 5.43 Å². The Morgan fingerprint density at radius 1 is 1.22 bits per heavy atom. The maximum Gasteiger partial charge on any atom is 0.275 e. The Balaban J connectivity index is 1.72. The third-order valence-electron chi connectivity index (χ3n) is 3.82.